The van der Waals surface area contributed by atoms with Gasteiger partial charge in [0.15, 0.2) is 5.60 Å². The van der Waals surface area contributed by atoms with E-state index in [0.717, 1.165) is 41.3 Å². The first-order chi connectivity index (χ1) is 34.1. The summed E-state index contributed by atoms with van der Waals surface area (Å²) in [6.07, 6.45) is 6.07. The zero-order valence-corrected chi connectivity index (χ0v) is 39.8. The molecule has 0 bridgehead atoms. The Balaban J connectivity index is 0.948. The summed E-state index contributed by atoms with van der Waals surface area (Å²) in [6, 6.07) is 42.9. The molecule has 4 N–H and O–H groups in total. The van der Waals surface area contributed by atoms with Crippen LogP contribution in [0.1, 0.15) is 55.7 Å². The van der Waals surface area contributed by atoms with Crippen LogP contribution in [0.3, 0.4) is 0 Å². The number of rotatable bonds is 14. The van der Waals surface area contributed by atoms with Crippen molar-refractivity contribution in [2.45, 2.75) is 68.8 Å². The van der Waals surface area contributed by atoms with Gasteiger partial charge in [-0.05, 0) is 118 Å². The molecule has 0 aliphatic carbocycles. The van der Waals surface area contributed by atoms with Crippen LogP contribution in [0, 0.1) is 5.92 Å². The molecule has 0 aromatic heterocycles. The number of piperidine rings is 2. The van der Waals surface area contributed by atoms with Crippen molar-refractivity contribution < 1.29 is 29.4 Å². The Labute approximate surface area is 409 Å². The van der Waals surface area contributed by atoms with E-state index in [2.05, 4.69) is 32.6 Å². The fraction of sp³-hybridized carbons (Fsp3) is 0.357. The Morgan fingerprint density at radius 3 is 1.71 bits per heavy atom. The molecule has 5 aromatic carbocycles. The predicted octanol–water partition coefficient (Wildman–Crippen LogP) is 5.89. The number of anilines is 5. The van der Waals surface area contributed by atoms with E-state index in [-0.39, 0.29) is 43.8 Å². The van der Waals surface area contributed by atoms with Gasteiger partial charge in [0.1, 0.15) is 11.1 Å². The van der Waals surface area contributed by atoms with Crippen molar-refractivity contribution in [2.75, 3.05) is 77.2 Å². The minimum absolute atomic E-state index is 0.000415. The van der Waals surface area contributed by atoms with Crippen LogP contribution in [0.25, 0.3) is 0 Å². The number of para-hydroxylation sites is 2. The highest BCUT2D eigenvalue weighted by molar-refractivity contribution is 6.10. The molecule has 14 nitrogen and oxygen atoms in total. The summed E-state index contributed by atoms with van der Waals surface area (Å²) in [7, 11) is 0. The number of fused-ring (bicyclic) bond motifs is 1. The average molecular weight is 943 g/mol. The lowest BCUT2D eigenvalue weighted by Crippen LogP contribution is -2.55. The highest BCUT2D eigenvalue weighted by Crippen LogP contribution is 2.49. The highest BCUT2D eigenvalue weighted by atomic mass is 16.3. The van der Waals surface area contributed by atoms with E-state index in [0.29, 0.717) is 75.6 Å². The lowest BCUT2D eigenvalue weighted by atomic mass is 9.82. The van der Waals surface area contributed by atoms with Crippen LogP contribution in [0.4, 0.5) is 28.4 Å². The van der Waals surface area contributed by atoms with Crippen molar-refractivity contribution in [3.05, 3.63) is 162 Å². The minimum atomic E-state index is -2.06. The number of nitrogens with one attached hydrogen (secondary N) is 2. The fourth-order valence-electron chi connectivity index (χ4n) is 11.4. The molecule has 362 valence electrons. The van der Waals surface area contributed by atoms with Gasteiger partial charge in [-0.1, -0.05) is 97.9 Å². The van der Waals surface area contributed by atoms with Gasteiger partial charge in [0.05, 0.1) is 32.2 Å². The van der Waals surface area contributed by atoms with E-state index >= 15 is 4.79 Å². The maximum Gasteiger partial charge on any atom is 0.264 e. The largest absolute Gasteiger partial charge is 0.395 e. The molecule has 10 rings (SSSR count). The number of amides is 4. The second kappa shape index (κ2) is 19.5. The number of aliphatic hydroxyl groups excluding tert-OH is 1. The molecular weight excluding hydrogens is 881 g/mol. The molecule has 4 saturated heterocycles. The molecule has 0 radical (unpaired) electrons. The van der Waals surface area contributed by atoms with Gasteiger partial charge in [-0.3, -0.25) is 29.0 Å². The van der Waals surface area contributed by atoms with E-state index in [1.165, 1.54) is 0 Å². The summed E-state index contributed by atoms with van der Waals surface area (Å²) in [4.78, 5) is 69.1. The van der Waals surface area contributed by atoms with Crippen LogP contribution >= 0.6 is 0 Å². The quantitative estimate of drug-likeness (QED) is 0.0993. The van der Waals surface area contributed by atoms with E-state index in [1.54, 1.807) is 39.8 Å². The van der Waals surface area contributed by atoms with Crippen molar-refractivity contribution in [3.63, 3.8) is 0 Å². The maximum atomic E-state index is 15.0. The second-order valence-corrected chi connectivity index (χ2v) is 19.3. The Kier molecular flexibility index (Phi) is 13.1. The number of carbonyl (C=O) groups excluding carboxylic acids is 4. The molecule has 0 unspecified atom stereocenters. The average Bonchev–Trinajstić information content (AvgIpc) is 3.92. The van der Waals surface area contributed by atoms with E-state index in [1.807, 2.05) is 120 Å². The van der Waals surface area contributed by atoms with Crippen LogP contribution in [0.2, 0.25) is 0 Å². The van der Waals surface area contributed by atoms with Gasteiger partial charge in [0.2, 0.25) is 5.91 Å². The van der Waals surface area contributed by atoms with E-state index < -0.39 is 28.5 Å². The van der Waals surface area contributed by atoms with Crippen molar-refractivity contribution in [2.24, 2.45) is 5.92 Å². The van der Waals surface area contributed by atoms with Crippen LogP contribution in [0.15, 0.2) is 146 Å². The van der Waals surface area contributed by atoms with Gasteiger partial charge in [-0.25, -0.2) is 0 Å². The van der Waals surface area contributed by atoms with Crippen LogP contribution in [0.5, 0.6) is 0 Å². The van der Waals surface area contributed by atoms with E-state index in [4.69, 9.17) is 0 Å². The maximum absolute atomic E-state index is 15.0. The van der Waals surface area contributed by atoms with Crippen LogP contribution in [-0.2, 0) is 37.9 Å². The second-order valence-electron chi connectivity index (χ2n) is 19.3. The van der Waals surface area contributed by atoms with Gasteiger partial charge in [-0.2, -0.15) is 0 Å². The smallest absolute Gasteiger partial charge is 0.264 e. The third-order valence-electron chi connectivity index (χ3n) is 15.4. The minimum Gasteiger partial charge on any atom is -0.395 e. The first-order valence-corrected chi connectivity index (χ1v) is 24.7. The Hall–Kier alpha value is -6.84. The van der Waals surface area contributed by atoms with Gasteiger partial charge in [0.25, 0.3) is 17.7 Å². The Morgan fingerprint density at radius 2 is 1.17 bits per heavy atom. The van der Waals surface area contributed by atoms with Gasteiger partial charge in [-0.15, -0.1) is 0 Å². The molecule has 2 atom stereocenters. The number of benzene rings is 5. The molecule has 70 heavy (non-hydrogen) atoms. The molecular formula is C56H62N8O6. The number of nitrogens with zero attached hydrogens (tertiary/aromatic N) is 6. The third kappa shape index (κ3) is 8.31. The molecule has 2 spiro atoms. The summed E-state index contributed by atoms with van der Waals surface area (Å²) >= 11 is 0. The molecule has 4 fully saturated rings. The van der Waals surface area contributed by atoms with Crippen molar-refractivity contribution >= 4 is 52.1 Å². The zero-order valence-electron chi connectivity index (χ0n) is 39.8. The molecule has 5 aromatic rings. The third-order valence-corrected chi connectivity index (χ3v) is 15.4. The van der Waals surface area contributed by atoms with Crippen LogP contribution in [-0.4, -0.2) is 102 Å². The number of aliphatic hydroxyl groups is 2. The molecule has 5 aliphatic rings. The summed E-state index contributed by atoms with van der Waals surface area (Å²) < 4.78 is 0. The Morgan fingerprint density at radius 1 is 0.657 bits per heavy atom. The monoisotopic (exact) mass is 942 g/mol. The van der Waals surface area contributed by atoms with Crippen molar-refractivity contribution in [1.29, 1.82) is 0 Å². The molecule has 4 amide bonds. The summed E-state index contributed by atoms with van der Waals surface area (Å²) in [5.41, 5.74) is 2.49. The van der Waals surface area contributed by atoms with Crippen molar-refractivity contribution in [3.8, 4) is 0 Å². The lowest BCUT2D eigenvalue weighted by Gasteiger charge is -2.39. The highest BCUT2D eigenvalue weighted by Gasteiger charge is 2.56. The topological polar surface area (TPSA) is 152 Å². The molecule has 14 heteroatoms. The van der Waals surface area contributed by atoms with E-state index in [9.17, 15) is 24.6 Å². The molecule has 0 saturated carbocycles. The Bertz CT molecular complexity index is 2730. The first kappa shape index (κ1) is 46.9. The SMILES string of the molecule is C[C@@H](/C=C/CC(=O)N(CCO)Cc1ccccc1)[C@]1(O)C(=O)N(Cc2ccc(N3CN(c4ccccc4)C4(CCNCC4)C3=O)cc2)c2ccc(N3CN(c4ccccc4)C4(CCNCC4)C3=O)cc21. The zero-order chi connectivity index (χ0) is 48.5. The summed E-state index contributed by atoms with van der Waals surface area (Å²) in [5.74, 6) is -1.46. The standard InChI is InChI=1S/C56H62N8O6/c1-41(12-11-19-50(66)59(34-35-65)37-42-13-5-2-6-14-42)56(70)48-36-47(62-40-64(46-17-9-4-10-18-46)55(52(62)68)28-32-58-33-29-55)24-25-49(48)60(53(56)69)38-43-20-22-44(23-21-43)61-39-63(45-15-7-3-8-16-45)54(51(61)67)26-30-57-31-27-54/h2-18,20-25,36,41,57-58,65,70H,19,26-35,37-40H2,1H3/b12-11+/t41-,56+/m0/s1. The predicted molar refractivity (Wildman–Crippen MR) is 272 cm³/mol. The fourth-order valence-corrected chi connectivity index (χ4v) is 11.4. The summed E-state index contributed by atoms with van der Waals surface area (Å²) in [6.45, 7) is 5.85. The number of carbonyl (C=O) groups is 4. The first-order valence-electron chi connectivity index (χ1n) is 24.7. The number of hydrogen-bond donors (Lipinski definition) is 4. The normalized spacial score (nSPS) is 21.1. The van der Waals surface area contributed by atoms with Gasteiger partial charge >= 0.3 is 0 Å². The number of hydrogen-bond acceptors (Lipinski definition) is 10. The van der Waals surface area contributed by atoms with Gasteiger partial charge in [0, 0.05) is 53.7 Å². The lowest BCUT2D eigenvalue weighted by molar-refractivity contribution is -0.139. The van der Waals surface area contributed by atoms with Crippen LogP contribution < -0.4 is 35.1 Å². The summed E-state index contributed by atoms with van der Waals surface area (Å²) in [5, 5.41) is 29.6. The molecule has 5 aliphatic heterocycles. The van der Waals surface area contributed by atoms with Crippen molar-refractivity contribution in [1.82, 2.24) is 15.5 Å². The molecule has 5 heterocycles. The van der Waals surface area contributed by atoms with Gasteiger partial charge < -0.3 is 40.4 Å².